The Bertz CT molecular complexity index is 970. The molecular formula is C20H14N2O. The topological polar surface area (TPSA) is 34.9 Å². The van der Waals surface area contributed by atoms with E-state index in [0.29, 0.717) is 5.56 Å². The van der Waals surface area contributed by atoms with Gasteiger partial charge in [-0.3, -0.25) is 9.78 Å². The molecule has 0 N–H and O–H groups in total. The molecule has 0 radical (unpaired) electrons. The van der Waals surface area contributed by atoms with Gasteiger partial charge in [-0.1, -0.05) is 30.3 Å². The average molecular weight is 298 g/mol. The molecule has 0 spiro atoms. The molecule has 0 aliphatic rings. The third kappa shape index (κ3) is 2.32. The minimum Gasteiger partial charge on any atom is -0.316 e. The van der Waals surface area contributed by atoms with E-state index >= 15 is 0 Å². The Balaban J connectivity index is 1.81. The van der Waals surface area contributed by atoms with Gasteiger partial charge in [0.25, 0.3) is 0 Å². The number of hydrogen-bond donors (Lipinski definition) is 0. The van der Waals surface area contributed by atoms with Gasteiger partial charge < -0.3 is 4.57 Å². The summed E-state index contributed by atoms with van der Waals surface area (Å²) in [5.41, 5.74) is 5.05. The first kappa shape index (κ1) is 13.5. The molecule has 0 saturated carbocycles. The van der Waals surface area contributed by atoms with Crippen LogP contribution in [0.3, 0.4) is 0 Å². The fourth-order valence-corrected chi connectivity index (χ4v) is 2.87. The second kappa shape index (κ2) is 5.54. The largest absolute Gasteiger partial charge is 0.316 e. The number of benzene rings is 2. The molecule has 0 aliphatic carbocycles. The minimum absolute atomic E-state index is 0.707. The Hall–Kier alpha value is -3.20. The maximum atomic E-state index is 11.3. The Labute approximate surface area is 133 Å². The van der Waals surface area contributed by atoms with Crippen molar-refractivity contribution in [2.45, 2.75) is 0 Å². The molecular weight excluding hydrogens is 284 g/mol. The monoisotopic (exact) mass is 298 g/mol. The summed E-state index contributed by atoms with van der Waals surface area (Å²) >= 11 is 0. The summed E-state index contributed by atoms with van der Waals surface area (Å²) in [6, 6.07) is 20.2. The molecule has 4 aromatic rings. The molecule has 0 amide bonds. The highest BCUT2D eigenvalue weighted by atomic mass is 16.1. The van der Waals surface area contributed by atoms with Crippen LogP contribution in [0.4, 0.5) is 0 Å². The van der Waals surface area contributed by atoms with Crippen LogP contribution in [-0.2, 0) is 0 Å². The van der Waals surface area contributed by atoms with Gasteiger partial charge in [-0.25, -0.2) is 0 Å². The molecule has 0 aliphatic heterocycles. The lowest BCUT2D eigenvalue weighted by atomic mass is 10.1. The van der Waals surface area contributed by atoms with Crippen LogP contribution in [0.15, 0.2) is 79.3 Å². The maximum Gasteiger partial charge on any atom is 0.152 e. The molecule has 3 heteroatoms. The van der Waals surface area contributed by atoms with Crippen LogP contribution >= 0.6 is 0 Å². The highest BCUT2D eigenvalue weighted by Crippen LogP contribution is 2.26. The lowest BCUT2D eigenvalue weighted by Gasteiger charge is -2.07. The Morgan fingerprint density at radius 3 is 2.26 bits per heavy atom. The summed E-state index contributed by atoms with van der Waals surface area (Å²) in [5, 5.41) is 0.973. The Morgan fingerprint density at radius 1 is 0.826 bits per heavy atom. The summed E-state index contributed by atoms with van der Waals surface area (Å²) < 4.78 is 2.05. The van der Waals surface area contributed by atoms with Crippen LogP contribution in [0.2, 0.25) is 0 Å². The standard InChI is InChI=1S/C20H14N2O/c23-14-17-13-22(20-4-2-1-3-19(17)20)18-7-5-15(6-8-18)16-9-11-21-12-10-16/h1-14H. The second-order valence-electron chi connectivity index (χ2n) is 5.37. The lowest BCUT2D eigenvalue weighted by Crippen LogP contribution is -1.91. The minimum atomic E-state index is 0.707. The molecule has 0 unspecified atom stereocenters. The smallest absolute Gasteiger partial charge is 0.152 e. The number of carbonyl (C=O) groups excluding carboxylic acids is 1. The highest BCUT2D eigenvalue weighted by Gasteiger charge is 2.08. The predicted molar refractivity (Wildman–Crippen MR) is 91.9 cm³/mol. The Morgan fingerprint density at radius 2 is 1.52 bits per heavy atom. The van der Waals surface area contributed by atoms with E-state index in [-0.39, 0.29) is 0 Å². The van der Waals surface area contributed by atoms with Crippen molar-refractivity contribution in [1.82, 2.24) is 9.55 Å². The first-order valence-corrected chi connectivity index (χ1v) is 7.43. The predicted octanol–water partition coefficient (Wildman–Crippen LogP) is 4.51. The van der Waals surface area contributed by atoms with Gasteiger partial charge in [0.1, 0.15) is 0 Å². The van der Waals surface area contributed by atoms with Crippen LogP contribution in [-0.4, -0.2) is 15.8 Å². The SMILES string of the molecule is O=Cc1cn(-c2ccc(-c3ccncc3)cc2)c2ccccc12. The molecule has 2 aromatic carbocycles. The van der Waals surface area contributed by atoms with Crippen molar-refractivity contribution in [3.05, 3.63) is 84.8 Å². The van der Waals surface area contributed by atoms with E-state index in [4.69, 9.17) is 0 Å². The molecule has 110 valence electrons. The molecule has 23 heavy (non-hydrogen) atoms. The number of pyridine rings is 1. The van der Waals surface area contributed by atoms with Crippen LogP contribution < -0.4 is 0 Å². The second-order valence-corrected chi connectivity index (χ2v) is 5.37. The third-order valence-corrected chi connectivity index (χ3v) is 4.03. The van der Waals surface area contributed by atoms with Crippen LogP contribution in [0.25, 0.3) is 27.7 Å². The van der Waals surface area contributed by atoms with Crippen molar-refractivity contribution in [3.63, 3.8) is 0 Å². The fraction of sp³-hybridized carbons (Fsp3) is 0. The summed E-state index contributed by atoms with van der Waals surface area (Å²) in [7, 11) is 0. The maximum absolute atomic E-state index is 11.3. The first-order valence-electron chi connectivity index (χ1n) is 7.43. The van der Waals surface area contributed by atoms with Gasteiger partial charge in [-0.15, -0.1) is 0 Å². The lowest BCUT2D eigenvalue weighted by molar-refractivity contribution is 0.112. The van der Waals surface area contributed by atoms with Gasteiger partial charge in [0.15, 0.2) is 6.29 Å². The number of para-hydroxylation sites is 1. The number of aldehydes is 1. The van der Waals surface area contributed by atoms with Crippen LogP contribution in [0, 0.1) is 0 Å². The summed E-state index contributed by atoms with van der Waals surface area (Å²) in [4.78, 5) is 15.3. The van der Waals surface area contributed by atoms with Crippen molar-refractivity contribution >= 4 is 17.2 Å². The summed E-state index contributed by atoms with van der Waals surface area (Å²) in [6.07, 6.45) is 6.38. The van der Waals surface area contributed by atoms with Gasteiger partial charge in [-0.2, -0.15) is 0 Å². The number of rotatable bonds is 3. The van der Waals surface area contributed by atoms with E-state index in [1.54, 1.807) is 12.4 Å². The van der Waals surface area contributed by atoms with Crippen LogP contribution in [0.1, 0.15) is 10.4 Å². The average Bonchev–Trinajstić information content (AvgIpc) is 3.01. The zero-order valence-corrected chi connectivity index (χ0v) is 12.4. The zero-order chi connectivity index (χ0) is 15.6. The first-order chi connectivity index (χ1) is 11.4. The van der Waals surface area contributed by atoms with Crippen molar-refractivity contribution in [2.24, 2.45) is 0 Å². The zero-order valence-electron chi connectivity index (χ0n) is 12.4. The molecule has 0 fully saturated rings. The number of carbonyl (C=O) groups is 1. The number of hydrogen-bond acceptors (Lipinski definition) is 2. The summed E-state index contributed by atoms with van der Waals surface area (Å²) in [5.74, 6) is 0. The van der Waals surface area contributed by atoms with E-state index in [0.717, 1.165) is 34.0 Å². The van der Waals surface area contributed by atoms with Gasteiger partial charge in [0.2, 0.25) is 0 Å². The van der Waals surface area contributed by atoms with Gasteiger partial charge in [-0.05, 0) is 41.5 Å². The van der Waals surface area contributed by atoms with E-state index in [1.807, 2.05) is 42.6 Å². The van der Waals surface area contributed by atoms with Crippen LogP contribution in [0.5, 0.6) is 0 Å². The molecule has 2 aromatic heterocycles. The highest BCUT2D eigenvalue weighted by molar-refractivity contribution is 5.98. The molecule has 0 saturated heterocycles. The van der Waals surface area contributed by atoms with Gasteiger partial charge >= 0.3 is 0 Å². The van der Waals surface area contributed by atoms with E-state index in [9.17, 15) is 4.79 Å². The van der Waals surface area contributed by atoms with Crippen molar-refractivity contribution in [2.75, 3.05) is 0 Å². The third-order valence-electron chi connectivity index (χ3n) is 4.03. The van der Waals surface area contributed by atoms with E-state index in [2.05, 4.69) is 33.8 Å². The van der Waals surface area contributed by atoms with Crippen molar-refractivity contribution < 1.29 is 4.79 Å². The Kier molecular flexibility index (Phi) is 3.24. The molecule has 2 heterocycles. The van der Waals surface area contributed by atoms with Crippen molar-refractivity contribution in [3.8, 4) is 16.8 Å². The number of aromatic nitrogens is 2. The van der Waals surface area contributed by atoms with E-state index < -0.39 is 0 Å². The normalized spacial score (nSPS) is 10.8. The summed E-state index contributed by atoms with van der Waals surface area (Å²) in [6.45, 7) is 0. The van der Waals surface area contributed by atoms with Gasteiger partial charge in [0, 0.05) is 35.2 Å². The van der Waals surface area contributed by atoms with Gasteiger partial charge in [0.05, 0.1) is 5.52 Å². The quantitative estimate of drug-likeness (QED) is 0.522. The number of nitrogens with zero attached hydrogens (tertiary/aromatic N) is 2. The van der Waals surface area contributed by atoms with Crippen molar-refractivity contribution in [1.29, 1.82) is 0 Å². The molecule has 3 nitrogen and oxygen atoms in total. The molecule has 0 atom stereocenters. The number of fused-ring (bicyclic) bond motifs is 1. The van der Waals surface area contributed by atoms with E-state index in [1.165, 1.54) is 0 Å². The molecule has 4 rings (SSSR count). The fourth-order valence-electron chi connectivity index (χ4n) is 2.87. The molecule has 0 bridgehead atoms.